The molecule has 0 bridgehead atoms. The van der Waals surface area contributed by atoms with Crippen molar-refractivity contribution in [1.82, 2.24) is 29.7 Å². The number of aliphatic hydroxyl groups is 7. The van der Waals surface area contributed by atoms with Gasteiger partial charge in [0.15, 0.2) is 42.1 Å². The summed E-state index contributed by atoms with van der Waals surface area (Å²) in [5, 5.41) is 95.1. The second kappa shape index (κ2) is 31.2. The number of amides is 2. The fraction of sp³-hybridized carbons (Fsp3) is 0.838. The molecule has 7 heterocycles. The number of unbranched alkanes of at least 4 members (excludes halogenated alkanes) is 4. The summed E-state index contributed by atoms with van der Waals surface area (Å²) in [6.45, 7) is 11.6. The molecule has 96 heavy (non-hydrogen) atoms. The van der Waals surface area contributed by atoms with Crippen molar-refractivity contribution in [2.24, 2.45) is 34.5 Å². The molecule has 9 aliphatic rings. The van der Waals surface area contributed by atoms with E-state index in [0.717, 1.165) is 50.5 Å². The zero-order chi connectivity index (χ0) is 68.4. The van der Waals surface area contributed by atoms with Crippen molar-refractivity contribution in [2.45, 2.75) is 286 Å². The first-order valence-corrected chi connectivity index (χ1v) is 35.4. The van der Waals surface area contributed by atoms with E-state index in [1.54, 1.807) is 27.0 Å². The van der Waals surface area contributed by atoms with Crippen LogP contribution in [-0.2, 0) is 61.8 Å². The SMILES string of the molecule is C[C@H]1OC(O[C@H]2[C@@H](O)CC(O[C@H]3[C@@H](O)C[C@H](O[C@@H]4CC[C@@]5(C)[C@H](CCC6[C@@H]5C[C@@H](O)[C@]5(C)[C@@H](C7=CC(=O)OC7)CC[C@]65O)C4)O[C@@H]3C)O[C@@H]2C)C[C@H](O)[C@@H]1OCCCCCC(=O)NCCCCCC(=O)Nc1ncnc2c1ncn2[C@@H]1O[C@H](CN(C)CCCC(=O)O)[C@@H](O)[C@H]1O. The van der Waals surface area contributed by atoms with Gasteiger partial charge in [-0.25, -0.2) is 19.7 Å². The zero-order valence-electron chi connectivity index (χ0n) is 56.4. The Labute approximate surface area is 560 Å². The summed E-state index contributed by atoms with van der Waals surface area (Å²) in [6, 6.07) is 0. The summed E-state index contributed by atoms with van der Waals surface area (Å²) in [5.41, 5.74) is -0.426. The Morgan fingerprint density at radius 1 is 0.708 bits per heavy atom. The van der Waals surface area contributed by atoms with E-state index in [2.05, 4.69) is 32.5 Å². The minimum atomic E-state index is -1.30. The second-order valence-electron chi connectivity index (χ2n) is 29.5. The number of aliphatic hydroxyl groups excluding tert-OH is 6. The topological polar surface area (TPSA) is 384 Å². The van der Waals surface area contributed by atoms with Gasteiger partial charge in [0, 0.05) is 69.7 Å². The van der Waals surface area contributed by atoms with Gasteiger partial charge in [-0.2, -0.15) is 0 Å². The number of esters is 1. The first kappa shape index (κ1) is 72.8. The maximum absolute atomic E-state index is 12.9. The van der Waals surface area contributed by atoms with Crippen molar-refractivity contribution < 1.29 is 103 Å². The predicted molar refractivity (Wildman–Crippen MR) is 341 cm³/mol. The van der Waals surface area contributed by atoms with E-state index in [4.69, 9.17) is 47.7 Å². The highest BCUT2D eigenvalue weighted by molar-refractivity contribution is 5.96. The van der Waals surface area contributed by atoms with Crippen LogP contribution in [0.15, 0.2) is 24.3 Å². The van der Waals surface area contributed by atoms with Crippen LogP contribution in [0.2, 0.25) is 0 Å². The first-order chi connectivity index (χ1) is 45.8. The van der Waals surface area contributed by atoms with Crippen molar-refractivity contribution in [3.05, 3.63) is 24.3 Å². The Bertz CT molecular complexity index is 2980. The lowest BCUT2D eigenvalue weighted by Gasteiger charge is -2.65. The number of carboxylic acids is 1. The lowest BCUT2D eigenvalue weighted by molar-refractivity contribution is -0.337. The number of rotatable bonds is 28. The van der Waals surface area contributed by atoms with Crippen LogP contribution >= 0.6 is 0 Å². The van der Waals surface area contributed by atoms with Crippen molar-refractivity contribution in [3.8, 4) is 0 Å². The molecule has 25 atom stereocenters. The minimum absolute atomic E-state index is 0.0151. The van der Waals surface area contributed by atoms with E-state index in [0.29, 0.717) is 83.4 Å². The van der Waals surface area contributed by atoms with Gasteiger partial charge in [-0.15, -0.1) is 0 Å². The monoisotopic (exact) mass is 1360 g/mol. The highest BCUT2D eigenvalue weighted by Crippen LogP contribution is 2.70. The fourth-order valence-corrected chi connectivity index (χ4v) is 18.0. The van der Waals surface area contributed by atoms with Gasteiger partial charge >= 0.3 is 11.9 Å². The number of carbonyl (C=O) groups is 4. The molecule has 28 nitrogen and oxygen atoms in total. The zero-order valence-corrected chi connectivity index (χ0v) is 56.4. The number of hydrogen-bond donors (Lipinski definition) is 10. The minimum Gasteiger partial charge on any atom is -0.481 e. The number of carboxylic acid groups (broad SMARTS) is 1. The van der Waals surface area contributed by atoms with Crippen LogP contribution in [0, 0.1) is 34.5 Å². The van der Waals surface area contributed by atoms with Crippen LogP contribution in [0.5, 0.6) is 0 Å². The number of nitrogens with zero attached hydrogens (tertiary/aromatic N) is 5. The van der Waals surface area contributed by atoms with E-state index in [9.17, 15) is 54.9 Å². The third-order valence-corrected chi connectivity index (χ3v) is 23.3. The van der Waals surface area contributed by atoms with E-state index in [1.807, 2.05) is 18.7 Å². The molecule has 0 aromatic carbocycles. The largest absolute Gasteiger partial charge is 0.481 e. The molecule has 10 N–H and O–H groups in total. The lowest BCUT2D eigenvalue weighted by atomic mass is 9.42. The molecule has 5 aliphatic heterocycles. The second-order valence-corrected chi connectivity index (χ2v) is 29.5. The van der Waals surface area contributed by atoms with Gasteiger partial charge in [-0.3, -0.25) is 19.0 Å². The quantitative estimate of drug-likeness (QED) is 0.0330. The molecular weight excluding hydrogens is 1250 g/mol. The molecule has 4 saturated heterocycles. The summed E-state index contributed by atoms with van der Waals surface area (Å²) in [5.74, 6) is -0.967. The Balaban J connectivity index is 0.525. The molecule has 8 fully saturated rings. The molecule has 2 aromatic heterocycles. The number of carbonyl (C=O) groups excluding carboxylic acids is 3. The van der Waals surface area contributed by atoms with E-state index in [-0.39, 0.29) is 109 Å². The van der Waals surface area contributed by atoms with Crippen LogP contribution in [0.3, 0.4) is 0 Å². The fourth-order valence-electron chi connectivity index (χ4n) is 18.0. The van der Waals surface area contributed by atoms with Crippen molar-refractivity contribution in [2.75, 3.05) is 45.2 Å². The molecule has 4 saturated carbocycles. The molecule has 538 valence electrons. The Kier molecular flexibility index (Phi) is 23.6. The smallest absolute Gasteiger partial charge is 0.331 e. The average molecular weight is 1360 g/mol. The number of anilines is 1. The molecule has 2 aromatic rings. The molecule has 28 heteroatoms. The predicted octanol–water partition coefficient (Wildman–Crippen LogP) is 3.67. The molecular formula is C68H105N7O21. The summed E-state index contributed by atoms with van der Waals surface area (Å²) in [6.07, 6.45) is 1.74. The maximum atomic E-state index is 12.9. The Morgan fingerprint density at radius 2 is 1.36 bits per heavy atom. The number of fused-ring (bicyclic) bond motifs is 6. The Hall–Kier alpha value is -4.47. The van der Waals surface area contributed by atoms with Crippen LogP contribution < -0.4 is 10.6 Å². The summed E-state index contributed by atoms with van der Waals surface area (Å²) in [7, 11) is 1.78. The molecule has 2 amide bonds. The maximum Gasteiger partial charge on any atom is 0.331 e. The first-order valence-electron chi connectivity index (χ1n) is 35.4. The van der Waals surface area contributed by atoms with Crippen molar-refractivity contribution in [3.63, 3.8) is 0 Å². The summed E-state index contributed by atoms with van der Waals surface area (Å²) >= 11 is 0. The number of imidazole rings is 1. The molecule has 11 rings (SSSR count). The van der Waals surface area contributed by atoms with E-state index in [1.165, 1.54) is 17.2 Å². The molecule has 3 unspecified atom stereocenters. The van der Waals surface area contributed by atoms with Gasteiger partial charge in [0.05, 0.1) is 60.8 Å². The number of aromatic nitrogens is 4. The van der Waals surface area contributed by atoms with Crippen LogP contribution in [0.4, 0.5) is 5.82 Å². The normalized spacial score (nSPS) is 40.8. The number of aliphatic carboxylic acids is 1. The van der Waals surface area contributed by atoms with E-state index >= 15 is 0 Å². The molecule has 4 aliphatic carbocycles. The highest BCUT2D eigenvalue weighted by atomic mass is 16.7. The van der Waals surface area contributed by atoms with Gasteiger partial charge in [0.2, 0.25) is 11.8 Å². The van der Waals surface area contributed by atoms with E-state index < -0.39 is 121 Å². The average Bonchev–Trinajstić information content (AvgIpc) is 1.40. The third kappa shape index (κ3) is 15.7. The van der Waals surface area contributed by atoms with Gasteiger partial charge in [0.1, 0.15) is 49.6 Å². The van der Waals surface area contributed by atoms with Crippen LogP contribution in [-0.4, -0.2) is 239 Å². The van der Waals surface area contributed by atoms with Crippen molar-refractivity contribution >= 4 is 40.7 Å². The number of ether oxygens (including phenoxy) is 9. The standard InChI is InChI=1S/C68H105N7O21/c1-36-60(88-25-12-8-10-14-50(80)69-23-11-7-9-15-51(81)73-63-57-64(71-34-70-63)75(35-72-57)65-59(86)58(85)48(94-65)32-74(6)24-13-16-52(82)83)45(76)29-55(90-36)95-62-38(3)92-56(31-47(62)78)96-61-37(2)91-54(30-46(61)77)93-41-19-21-66(4)40(27-41)17-18-43-44(66)28-49(79)67(5)42(20-22-68(43,67)87)39-26-53(84)89-33-39/h26,34-38,40-49,54-56,58-62,65,76-79,85-87H,7-25,27-33H2,1-6H3,(H,69,80)(H,82,83)(H,70,71,73,81)/t36-,37-,38-,40-,41-,42-,43?,44+,45+,46+,47+,48-,49-,54+,55?,56?,58-,59-,60-,61-,62-,65-,66+,67+,68+/m1/s1. The lowest BCUT2D eigenvalue weighted by Crippen LogP contribution is -2.67. The van der Waals surface area contributed by atoms with Gasteiger partial charge in [-0.05, 0) is 152 Å². The van der Waals surface area contributed by atoms with Crippen LogP contribution in [0.1, 0.15) is 176 Å². The number of cyclic esters (lactones) is 1. The van der Waals surface area contributed by atoms with Gasteiger partial charge in [-0.1, -0.05) is 26.7 Å². The number of nitrogens with one attached hydrogen (secondary N) is 2. The molecule has 0 radical (unpaired) electrons. The third-order valence-electron chi connectivity index (χ3n) is 23.3. The van der Waals surface area contributed by atoms with Crippen molar-refractivity contribution in [1.29, 1.82) is 0 Å². The Morgan fingerprint density at radius 3 is 2.02 bits per heavy atom. The number of hydrogen-bond acceptors (Lipinski definition) is 24. The van der Waals surface area contributed by atoms with Crippen LogP contribution in [0.25, 0.3) is 11.2 Å². The highest BCUT2D eigenvalue weighted by Gasteiger charge is 2.71. The number of likely N-dealkylation sites (N-methyl/N-ethyl adjacent to an activating group) is 1. The summed E-state index contributed by atoms with van der Waals surface area (Å²) < 4.78 is 56.9. The van der Waals surface area contributed by atoms with Gasteiger partial charge in [0.25, 0.3) is 0 Å². The van der Waals surface area contributed by atoms with Gasteiger partial charge < -0.3 is 99.0 Å². The molecule has 0 spiro atoms. The summed E-state index contributed by atoms with van der Waals surface area (Å²) in [4.78, 5) is 63.2.